The third kappa shape index (κ3) is 3.84. The molecule has 2 atom stereocenters. The van der Waals surface area contributed by atoms with Crippen LogP contribution in [0.2, 0.25) is 0 Å². The first-order valence-electron chi connectivity index (χ1n) is 8.17. The van der Waals surface area contributed by atoms with Gasteiger partial charge in [-0.3, -0.25) is 4.79 Å². The molecule has 1 saturated carbocycles. The number of para-hydroxylation sites is 2. The number of fused-ring (bicyclic) bond motifs is 1. The number of nitrogens with one attached hydrogen (secondary N) is 1. The van der Waals surface area contributed by atoms with Gasteiger partial charge in [0, 0.05) is 5.71 Å². The lowest BCUT2D eigenvalue weighted by Gasteiger charge is -2.34. The van der Waals surface area contributed by atoms with E-state index in [1.807, 2.05) is 18.2 Å². The summed E-state index contributed by atoms with van der Waals surface area (Å²) in [4.78, 5) is 12.3. The molecule has 5 nitrogen and oxygen atoms in total. The normalized spacial score (nSPS) is 27.5. The zero-order chi connectivity index (χ0) is 16.4. The summed E-state index contributed by atoms with van der Waals surface area (Å²) < 4.78 is 11.3. The van der Waals surface area contributed by atoms with Crippen molar-refractivity contribution in [1.29, 1.82) is 0 Å². The van der Waals surface area contributed by atoms with Crippen molar-refractivity contribution in [3.05, 3.63) is 24.3 Å². The summed E-state index contributed by atoms with van der Waals surface area (Å²) in [5, 5.41) is 4.34. The summed E-state index contributed by atoms with van der Waals surface area (Å²) in [5.74, 6) is 1.60. The van der Waals surface area contributed by atoms with Crippen molar-refractivity contribution < 1.29 is 14.3 Å². The molecule has 1 aromatic rings. The van der Waals surface area contributed by atoms with Gasteiger partial charge in [-0.1, -0.05) is 32.9 Å². The highest BCUT2D eigenvalue weighted by Gasteiger charge is 2.31. The molecule has 0 saturated heterocycles. The molecule has 0 bridgehead atoms. The summed E-state index contributed by atoms with van der Waals surface area (Å²) in [7, 11) is 0. The highest BCUT2D eigenvalue weighted by molar-refractivity contribution is 5.88. The topological polar surface area (TPSA) is 59.9 Å². The van der Waals surface area contributed by atoms with Crippen LogP contribution in [0.25, 0.3) is 0 Å². The van der Waals surface area contributed by atoms with E-state index in [0.29, 0.717) is 17.4 Å². The van der Waals surface area contributed by atoms with E-state index in [0.717, 1.165) is 18.6 Å². The van der Waals surface area contributed by atoms with Gasteiger partial charge in [0.2, 0.25) is 6.10 Å². The zero-order valence-corrected chi connectivity index (χ0v) is 14.0. The van der Waals surface area contributed by atoms with E-state index in [-0.39, 0.29) is 17.9 Å². The molecule has 1 N–H and O–H groups in total. The Bertz CT molecular complexity index is 624. The van der Waals surface area contributed by atoms with Gasteiger partial charge in [0.05, 0.1) is 0 Å². The summed E-state index contributed by atoms with van der Waals surface area (Å²) >= 11 is 0. The van der Waals surface area contributed by atoms with Crippen LogP contribution in [0, 0.1) is 11.3 Å². The van der Waals surface area contributed by atoms with Crippen molar-refractivity contribution in [2.75, 3.05) is 6.61 Å². The maximum atomic E-state index is 12.3. The monoisotopic (exact) mass is 316 g/mol. The Morgan fingerprint density at radius 1 is 1.30 bits per heavy atom. The molecular formula is C18H24N2O3. The molecule has 0 unspecified atom stereocenters. The maximum absolute atomic E-state index is 12.3. The van der Waals surface area contributed by atoms with E-state index in [9.17, 15) is 4.79 Å². The summed E-state index contributed by atoms with van der Waals surface area (Å²) in [6, 6.07) is 7.36. The molecule has 0 aromatic heterocycles. The average Bonchev–Trinajstić information content (AvgIpc) is 2.50. The van der Waals surface area contributed by atoms with Crippen molar-refractivity contribution in [1.82, 2.24) is 5.43 Å². The van der Waals surface area contributed by atoms with Gasteiger partial charge in [-0.05, 0) is 42.7 Å². The highest BCUT2D eigenvalue weighted by Crippen LogP contribution is 2.37. The lowest BCUT2D eigenvalue weighted by atomic mass is 9.72. The van der Waals surface area contributed by atoms with Crippen LogP contribution in [0.3, 0.4) is 0 Å². The second kappa shape index (κ2) is 6.22. The molecule has 0 radical (unpaired) electrons. The highest BCUT2D eigenvalue weighted by atomic mass is 16.6. The molecule has 1 fully saturated rings. The van der Waals surface area contributed by atoms with Crippen molar-refractivity contribution in [3.8, 4) is 11.5 Å². The second-order valence-electron chi connectivity index (χ2n) is 7.37. The van der Waals surface area contributed by atoms with Gasteiger partial charge in [0.1, 0.15) is 6.61 Å². The van der Waals surface area contributed by atoms with Gasteiger partial charge < -0.3 is 9.47 Å². The molecule has 23 heavy (non-hydrogen) atoms. The number of hydrogen-bond donors (Lipinski definition) is 1. The molecule has 2 aliphatic rings. The summed E-state index contributed by atoms with van der Waals surface area (Å²) in [5.41, 5.74) is 3.95. The molecule has 5 heteroatoms. The Labute approximate surface area is 137 Å². The van der Waals surface area contributed by atoms with Crippen LogP contribution in [0.15, 0.2) is 29.4 Å². The molecule has 0 spiro atoms. The smallest absolute Gasteiger partial charge is 0.284 e. The largest absolute Gasteiger partial charge is 0.485 e. The standard InChI is InChI=1S/C18H24N2O3/c1-12-8-13(10-18(2,3)9-12)19-20-17(21)16-11-22-14-6-4-5-7-15(14)23-16/h4-7,12,16H,8-11H2,1-3H3,(H,20,21)/b19-13-/t12-,16+/m1/s1. The minimum absolute atomic E-state index is 0.204. The van der Waals surface area contributed by atoms with Crippen LogP contribution in [-0.4, -0.2) is 24.3 Å². The molecular weight excluding hydrogens is 292 g/mol. The molecule has 1 aromatic carbocycles. The van der Waals surface area contributed by atoms with Gasteiger partial charge in [0.15, 0.2) is 11.5 Å². The third-order valence-electron chi connectivity index (χ3n) is 4.29. The predicted octanol–water partition coefficient (Wildman–Crippen LogP) is 3.14. The SMILES string of the molecule is C[C@@H]1C/C(=N/NC(=O)[C@@H]2COc3ccccc3O2)CC(C)(C)C1. The molecule has 1 amide bonds. The molecule has 1 aliphatic carbocycles. The van der Waals surface area contributed by atoms with Gasteiger partial charge in [-0.15, -0.1) is 0 Å². The number of carbonyl (C=O) groups excluding carboxylic acids is 1. The Morgan fingerprint density at radius 2 is 2.04 bits per heavy atom. The first-order chi connectivity index (χ1) is 10.9. The Kier molecular flexibility index (Phi) is 4.28. The first-order valence-corrected chi connectivity index (χ1v) is 8.17. The number of amides is 1. The minimum Gasteiger partial charge on any atom is -0.485 e. The molecule has 3 rings (SSSR count). The number of hydrazone groups is 1. The van der Waals surface area contributed by atoms with Crippen LogP contribution in [-0.2, 0) is 4.79 Å². The van der Waals surface area contributed by atoms with Crippen LogP contribution in [0.1, 0.15) is 40.0 Å². The Balaban J connectivity index is 1.61. The Morgan fingerprint density at radius 3 is 2.78 bits per heavy atom. The lowest BCUT2D eigenvalue weighted by molar-refractivity contribution is -0.130. The van der Waals surface area contributed by atoms with Gasteiger partial charge in [-0.25, -0.2) is 5.43 Å². The average molecular weight is 316 g/mol. The molecule has 1 heterocycles. The fraction of sp³-hybridized carbons (Fsp3) is 0.556. The second-order valence-corrected chi connectivity index (χ2v) is 7.37. The number of nitrogens with zero attached hydrogens (tertiary/aromatic N) is 1. The van der Waals surface area contributed by atoms with Gasteiger partial charge >= 0.3 is 0 Å². The number of hydrogen-bond acceptors (Lipinski definition) is 4. The van der Waals surface area contributed by atoms with Crippen molar-refractivity contribution >= 4 is 11.6 Å². The fourth-order valence-corrected chi connectivity index (χ4v) is 3.55. The lowest BCUT2D eigenvalue weighted by Crippen LogP contribution is -2.43. The molecule has 124 valence electrons. The van der Waals surface area contributed by atoms with E-state index in [4.69, 9.17) is 9.47 Å². The Hall–Kier alpha value is -2.04. The van der Waals surface area contributed by atoms with Crippen LogP contribution in [0.5, 0.6) is 11.5 Å². The fourth-order valence-electron chi connectivity index (χ4n) is 3.55. The maximum Gasteiger partial charge on any atom is 0.284 e. The summed E-state index contributed by atoms with van der Waals surface area (Å²) in [6.07, 6.45) is 2.39. The van der Waals surface area contributed by atoms with E-state index < -0.39 is 6.10 Å². The van der Waals surface area contributed by atoms with E-state index in [1.54, 1.807) is 6.07 Å². The zero-order valence-electron chi connectivity index (χ0n) is 14.0. The number of benzene rings is 1. The quantitative estimate of drug-likeness (QED) is 0.853. The van der Waals surface area contributed by atoms with Crippen LogP contribution < -0.4 is 14.9 Å². The third-order valence-corrected chi connectivity index (χ3v) is 4.29. The van der Waals surface area contributed by atoms with Crippen molar-refractivity contribution in [2.45, 2.75) is 46.1 Å². The van der Waals surface area contributed by atoms with Crippen LogP contribution in [0.4, 0.5) is 0 Å². The molecule has 1 aliphatic heterocycles. The van der Waals surface area contributed by atoms with E-state index in [1.165, 1.54) is 6.42 Å². The van der Waals surface area contributed by atoms with E-state index in [2.05, 4.69) is 31.3 Å². The van der Waals surface area contributed by atoms with Crippen molar-refractivity contribution in [3.63, 3.8) is 0 Å². The minimum atomic E-state index is -0.664. The van der Waals surface area contributed by atoms with Gasteiger partial charge in [0.25, 0.3) is 5.91 Å². The van der Waals surface area contributed by atoms with Crippen molar-refractivity contribution in [2.24, 2.45) is 16.4 Å². The number of ether oxygens (including phenoxy) is 2. The summed E-state index contributed by atoms with van der Waals surface area (Å²) in [6.45, 7) is 6.92. The first kappa shape index (κ1) is 15.8. The van der Waals surface area contributed by atoms with Crippen LogP contribution >= 0.6 is 0 Å². The predicted molar refractivity (Wildman–Crippen MR) is 88.7 cm³/mol. The number of carbonyl (C=O) groups is 1. The number of rotatable bonds is 2. The van der Waals surface area contributed by atoms with E-state index >= 15 is 0 Å². The van der Waals surface area contributed by atoms with Gasteiger partial charge in [-0.2, -0.15) is 5.10 Å².